The first kappa shape index (κ1) is 19.8. The molecule has 26 heavy (non-hydrogen) atoms. The zero-order valence-corrected chi connectivity index (χ0v) is 15.7. The van der Waals surface area contributed by atoms with Crippen molar-refractivity contribution in [3.8, 4) is 0 Å². The van der Waals surface area contributed by atoms with E-state index in [0.29, 0.717) is 6.42 Å². The van der Waals surface area contributed by atoms with Crippen LogP contribution in [0.15, 0.2) is 30.3 Å². The molecule has 0 bridgehead atoms. The molecule has 1 heterocycles. The zero-order valence-electron chi connectivity index (χ0n) is 15.7. The van der Waals surface area contributed by atoms with Gasteiger partial charge in [0.1, 0.15) is 17.7 Å². The molecule has 1 N–H and O–H groups in total. The number of hydrogen-bond acceptors (Lipinski definition) is 5. The molecule has 0 saturated carbocycles. The molecule has 1 aromatic rings. The molecule has 0 aliphatic carbocycles. The third kappa shape index (κ3) is 5.47. The first-order valence-corrected chi connectivity index (χ1v) is 8.68. The van der Waals surface area contributed by atoms with Crippen LogP contribution in [0.25, 0.3) is 0 Å². The predicted octanol–water partition coefficient (Wildman–Crippen LogP) is 2.24. The highest BCUT2D eigenvalue weighted by atomic mass is 16.6. The van der Waals surface area contributed by atoms with Crippen molar-refractivity contribution in [3.05, 3.63) is 35.9 Å². The van der Waals surface area contributed by atoms with Crippen molar-refractivity contribution in [1.82, 2.24) is 10.2 Å². The minimum Gasteiger partial charge on any atom is -0.464 e. The Hall–Kier alpha value is -2.57. The summed E-state index contributed by atoms with van der Waals surface area (Å²) in [5, 5.41) is 2.54. The number of ether oxygens (including phenoxy) is 2. The van der Waals surface area contributed by atoms with Gasteiger partial charge in [-0.3, -0.25) is 4.79 Å². The van der Waals surface area contributed by atoms with Crippen molar-refractivity contribution in [2.24, 2.45) is 0 Å². The fraction of sp³-hybridized carbons (Fsp3) is 0.526. The van der Waals surface area contributed by atoms with Gasteiger partial charge >= 0.3 is 12.1 Å². The summed E-state index contributed by atoms with van der Waals surface area (Å²) in [6.07, 6.45) is -0.233. The minimum atomic E-state index is -0.832. The molecule has 1 fully saturated rings. The second-order valence-electron chi connectivity index (χ2n) is 7.29. The van der Waals surface area contributed by atoms with Gasteiger partial charge in [-0.2, -0.15) is 0 Å². The first-order valence-electron chi connectivity index (χ1n) is 8.68. The molecule has 1 aliphatic rings. The third-order valence-electron chi connectivity index (χ3n) is 3.87. The van der Waals surface area contributed by atoms with Gasteiger partial charge < -0.3 is 19.7 Å². The molecular formula is C19H26N2O5. The topological polar surface area (TPSA) is 84.9 Å². The van der Waals surface area contributed by atoms with Gasteiger partial charge in [0.15, 0.2) is 0 Å². The number of rotatable bonds is 5. The fourth-order valence-corrected chi connectivity index (χ4v) is 2.68. The Labute approximate surface area is 153 Å². The monoisotopic (exact) mass is 362 g/mol. The van der Waals surface area contributed by atoms with Crippen molar-refractivity contribution >= 4 is 18.0 Å². The first-order chi connectivity index (χ1) is 12.2. The molecule has 142 valence electrons. The Balaban J connectivity index is 2.11. The Morgan fingerprint density at radius 2 is 1.96 bits per heavy atom. The number of amides is 2. The van der Waals surface area contributed by atoms with E-state index in [9.17, 15) is 14.4 Å². The van der Waals surface area contributed by atoms with Crippen molar-refractivity contribution in [1.29, 1.82) is 0 Å². The number of carbonyl (C=O) groups excluding carboxylic acids is 3. The van der Waals surface area contributed by atoms with Crippen molar-refractivity contribution < 1.29 is 23.9 Å². The molecule has 1 aromatic carbocycles. The Bertz CT molecular complexity index is 654. The van der Waals surface area contributed by atoms with Crippen LogP contribution >= 0.6 is 0 Å². The molecule has 2 atom stereocenters. The zero-order chi connectivity index (χ0) is 19.3. The van der Waals surface area contributed by atoms with Gasteiger partial charge in [0, 0.05) is 13.0 Å². The highest BCUT2D eigenvalue weighted by molar-refractivity contribution is 5.90. The quantitative estimate of drug-likeness (QED) is 0.812. The van der Waals surface area contributed by atoms with Crippen LogP contribution in [0.5, 0.6) is 0 Å². The summed E-state index contributed by atoms with van der Waals surface area (Å²) in [6.45, 7) is 7.36. The van der Waals surface area contributed by atoms with E-state index < -0.39 is 29.7 Å². The molecule has 2 rings (SSSR count). The van der Waals surface area contributed by atoms with E-state index in [4.69, 9.17) is 9.47 Å². The van der Waals surface area contributed by atoms with E-state index in [1.165, 1.54) is 4.90 Å². The van der Waals surface area contributed by atoms with Crippen molar-refractivity contribution in [2.75, 3.05) is 6.61 Å². The van der Waals surface area contributed by atoms with E-state index in [1.807, 2.05) is 30.3 Å². The second-order valence-corrected chi connectivity index (χ2v) is 7.29. The number of hydrogen-bond donors (Lipinski definition) is 1. The number of nitrogens with zero attached hydrogens (tertiary/aromatic N) is 1. The number of cyclic esters (lactones) is 1. The Morgan fingerprint density at radius 1 is 1.31 bits per heavy atom. The summed E-state index contributed by atoms with van der Waals surface area (Å²) in [6, 6.07) is 7.90. The molecular weight excluding hydrogens is 336 g/mol. The van der Waals surface area contributed by atoms with Crippen LogP contribution in [-0.4, -0.2) is 47.2 Å². The molecule has 0 unspecified atom stereocenters. The summed E-state index contributed by atoms with van der Waals surface area (Å²) >= 11 is 0. The number of nitrogens with one attached hydrogen (secondary N) is 1. The molecule has 0 aromatic heterocycles. The van der Waals surface area contributed by atoms with Gasteiger partial charge in [-0.1, -0.05) is 30.3 Å². The SMILES string of the molecule is C[C@H](NC(=O)OC(C)(C)C)C(=O)N(Cc1ccccc1)[C@H]1CCOC1=O. The van der Waals surface area contributed by atoms with Crippen LogP contribution in [0.2, 0.25) is 0 Å². The van der Waals surface area contributed by atoms with Gasteiger partial charge in [-0.15, -0.1) is 0 Å². The van der Waals surface area contributed by atoms with Crippen molar-refractivity contribution in [2.45, 2.75) is 58.3 Å². The van der Waals surface area contributed by atoms with Gasteiger partial charge in [0.2, 0.25) is 5.91 Å². The van der Waals surface area contributed by atoms with Crippen molar-refractivity contribution in [3.63, 3.8) is 0 Å². The normalized spacial score (nSPS) is 18.0. The molecule has 0 spiro atoms. The van der Waals surface area contributed by atoms with Crippen LogP contribution in [0.1, 0.15) is 39.7 Å². The standard InChI is InChI=1S/C19H26N2O5/c1-13(20-18(24)26-19(2,3)4)16(22)21(15-10-11-25-17(15)23)12-14-8-6-5-7-9-14/h5-9,13,15H,10-12H2,1-4H3,(H,20,24)/t13-,15-/m0/s1. The Morgan fingerprint density at radius 3 is 2.50 bits per heavy atom. The van der Waals surface area contributed by atoms with E-state index in [1.54, 1.807) is 27.7 Å². The summed E-state index contributed by atoms with van der Waals surface area (Å²) in [7, 11) is 0. The summed E-state index contributed by atoms with van der Waals surface area (Å²) in [5.41, 5.74) is 0.233. The van der Waals surface area contributed by atoms with Crippen LogP contribution in [0.3, 0.4) is 0 Å². The molecule has 7 heteroatoms. The van der Waals surface area contributed by atoms with E-state index in [-0.39, 0.29) is 19.1 Å². The summed E-state index contributed by atoms with van der Waals surface area (Å²) < 4.78 is 10.2. The fourth-order valence-electron chi connectivity index (χ4n) is 2.68. The number of esters is 1. The number of benzene rings is 1. The molecule has 0 radical (unpaired) electrons. The lowest BCUT2D eigenvalue weighted by atomic mass is 10.1. The van der Waals surface area contributed by atoms with Crippen LogP contribution in [0.4, 0.5) is 4.79 Å². The maximum Gasteiger partial charge on any atom is 0.408 e. The van der Waals surface area contributed by atoms with E-state index in [0.717, 1.165) is 5.56 Å². The second kappa shape index (κ2) is 8.21. The lowest BCUT2D eigenvalue weighted by Gasteiger charge is -2.30. The highest BCUT2D eigenvalue weighted by Crippen LogP contribution is 2.19. The lowest BCUT2D eigenvalue weighted by molar-refractivity contribution is -0.149. The maximum atomic E-state index is 12.9. The van der Waals surface area contributed by atoms with Crippen LogP contribution in [-0.2, 0) is 25.6 Å². The largest absolute Gasteiger partial charge is 0.464 e. The molecule has 1 aliphatic heterocycles. The lowest BCUT2D eigenvalue weighted by Crippen LogP contribution is -2.52. The van der Waals surface area contributed by atoms with Crippen LogP contribution in [0, 0.1) is 0 Å². The van der Waals surface area contributed by atoms with Gasteiger partial charge in [-0.25, -0.2) is 9.59 Å². The van der Waals surface area contributed by atoms with Gasteiger partial charge in [-0.05, 0) is 33.3 Å². The number of alkyl carbamates (subject to hydrolysis) is 1. The number of carbonyl (C=O) groups is 3. The van der Waals surface area contributed by atoms with Crippen LogP contribution < -0.4 is 5.32 Å². The minimum absolute atomic E-state index is 0.264. The van der Waals surface area contributed by atoms with E-state index >= 15 is 0 Å². The van der Waals surface area contributed by atoms with Gasteiger partial charge in [0.25, 0.3) is 0 Å². The summed E-state index contributed by atoms with van der Waals surface area (Å²) in [5.74, 6) is -0.776. The maximum absolute atomic E-state index is 12.9. The third-order valence-corrected chi connectivity index (χ3v) is 3.87. The van der Waals surface area contributed by atoms with E-state index in [2.05, 4.69) is 5.32 Å². The molecule has 2 amide bonds. The molecule has 7 nitrogen and oxygen atoms in total. The Kier molecular flexibility index (Phi) is 6.23. The molecule has 1 saturated heterocycles. The average Bonchev–Trinajstić information content (AvgIpc) is 2.97. The smallest absolute Gasteiger partial charge is 0.408 e. The predicted molar refractivity (Wildman–Crippen MR) is 95.2 cm³/mol. The average molecular weight is 362 g/mol. The van der Waals surface area contributed by atoms with Gasteiger partial charge in [0.05, 0.1) is 6.61 Å². The highest BCUT2D eigenvalue weighted by Gasteiger charge is 2.37. The summed E-state index contributed by atoms with van der Waals surface area (Å²) in [4.78, 5) is 38.4.